The van der Waals surface area contributed by atoms with E-state index < -0.39 is 10.0 Å². The van der Waals surface area contributed by atoms with Gasteiger partial charge in [0.05, 0.1) is 17.7 Å². The first-order valence-electron chi connectivity index (χ1n) is 8.99. The van der Waals surface area contributed by atoms with Crippen molar-refractivity contribution in [1.82, 2.24) is 9.62 Å². The number of nitrogens with zero attached hydrogens (tertiary/aromatic N) is 1. The van der Waals surface area contributed by atoms with Crippen molar-refractivity contribution in [2.24, 2.45) is 5.92 Å². The Balaban J connectivity index is 1.89. The number of sulfonamides is 1. The minimum atomic E-state index is -3.61. The number of carbonyl (C=O) groups excluding carboxylic acids is 1. The van der Waals surface area contributed by atoms with E-state index in [1.54, 1.807) is 0 Å². The van der Waals surface area contributed by atoms with Crippen LogP contribution in [0.1, 0.15) is 33.1 Å². The van der Waals surface area contributed by atoms with Crippen molar-refractivity contribution in [3.63, 3.8) is 0 Å². The van der Waals surface area contributed by atoms with Crippen molar-refractivity contribution < 1.29 is 17.9 Å². The molecule has 2 rings (SSSR count). The van der Waals surface area contributed by atoms with Gasteiger partial charge in [0, 0.05) is 19.5 Å². The maximum Gasteiger partial charge on any atom is 0.240 e. The van der Waals surface area contributed by atoms with Crippen LogP contribution in [0.2, 0.25) is 0 Å². The molecule has 0 saturated carbocycles. The highest BCUT2D eigenvalue weighted by Crippen LogP contribution is 2.27. The number of methoxy groups -OCH3 is 1. The number of rotatable bonds is 8. The standard InChI is InChI=1S/C18H29N3O4S/c1-14-7-11-21(12-8-14)10-4-9-19-26(23,24)16-5-6-17(20-15(2)22)18(13-16)25-3/h5-6,13-14,19H,4,7-12H2,1-3H3,(H,20,22). The van der Waals surface area contributed by atoms with Gasteiger partial charge in [0.2, 0.25) is 15.9 Å². The molecule has 0 radical (unpaired) electrons. The quantitative estimate of drug-likeness (QED) is 0.671. The molecular weight excluding hydrogens is 354 g/mol. The number of carbonyl (C=O) groups is 1. The Labute approximate surface area is 156 Å². The van der Waals surface area contributed by atoms with E-state index in [0.717, 1.165) is 32.0 Å². The molecule has 1 amide bonds. The predicted octanol–water partition coefficient (Wildman–Crippen LogP) is 2.05. The first-order valence-corrected chi connectivity index (χ1v) is 10.5. The van der Waals surface area contributed by atoms with Gasteiger partial charge in [-0.2, -0.15) is 0 Å². The van der Waals surface area contributed by atoms with Gasteiger partial charge in [0.1, 0.15) is 5.75 Å². The maximum atomic E-state index is 12.5. The third-order valence-corrected chi connectivity index (χ3v) is 6.07. The van der Waals surface area contributed by atoms with Gasteiger partial charge in [-0.1, -0.05) is 6.92 Å². The zero-order valence-corrected chi connectivity index (χ0v) is 16.6. The lowest BCUT2D eigenvalue weighted by Crippen LogP contribution is -2.35. The van der Waals surface area contributed by atoms with Crippen LogP contribution in [0, 0.1) is 5.92 Å². The molecule has 1 aromatic rings. The molecule has 0 unspecified atom stereocenters. The van der Waals surface area contributed by atoms with Crippen molar-refractivity contribution in [3.8, 4) is 5.75 Å². The molecule has 1 heterocycles. The molecule has 0 spiro atoms. The van der Waals surface area contributed by atoms with Gasteiger partial charge in [0.15, 0.2) is 0 Å². The molecule has 0 aliphatic carbocycles. The van der Waals surface area contributed by atoms with Gasteiger partial charge in [0.25, 0.3) is 0 Å². The normalized spacial score (nSPS) is 16.4. The third-order valence-electron chi connectivity index (χ3n) is 4.61. The van der Waals surface area contributed by atoms with E-state index in [9.17, 15) is 13.2 Å². The van der Waals surface area contributed by atoms with E-state index in [1.807, 2.05) is 0 Å². The maximum absolute atomic E-state index is 12.5. The van der Waals surface area contributed by atoms with Gasteiger partial charge in [-0.25, -0.2) is 13.1 Å². The molecule has 1 aromatic carbocycles. The number of amides is 1. The van der Waals surface area contributed by atoms with Crippen molar-refractivity contribution in [1.29, 1.82) is 0 Å². The number of likely N-dealkylation sites (tertiary alicyclic amines) is 1. The minimum Gasteiger partial charge on any atom is -0.495 e. The van der Waals surface area contributed by atoms with Crippen LogP contribution < -0.4 is 14.8 Å². The molecule has 26 heavy (non-hydrogen) atoms. The summed E-state index contributed by atoms with van der Waals surface area (Å²) >= 11 is 0. The largest absolute Gasteiger partial charge is 0.495 e. The monoisotopic (exact) mass is 383 g/mol. The Morgan fingerprint density at radius 1 is 1.31 bits per heavy atom. The second kappa shape index (κ2) is 9.34. The van der Waals surface area contributed by atoms with Crippen LogP contribution >= 0.6 is 0 Å². The van der Waals surface area contributed by atoms with Crippen LogP contribution in [0.4, 0.5) is 5.69 Å². The van der Waals surface area contributed by atoms with Gasteiger partial charge < -0.3 is 15.0 Å². The lowest BCUT2D eigenvalue weighted by Gasteiger charge is -2.30. The minimum absolute atomic E-state index is 0.121. The first kappa shape index (κ1) is 20.7. The molecule has 1 aliphatic heterocycles. The van der Waals surface area contributed by atoms with Crippen molar-refractivity contribution in [2.45, 2.75) is 38.0 Å². The third kappa shape index (κ3) is 5.96. The van der Waals surface area contributed by atoms with Gasteiger partial charge in [-0.3, -0.25) is 4.79 Å². The number of ether oxygens (including phenoxy) is 1. The molecule has 0 bridgehead atoms. The molecule has 1 fully saturated rings. The van der Waals surface area contributed by atoms with Crippen LogP contribution in [0.3, 0.4) is 0 Å². The second-order valence-corrected chi connectivity index (χ2v) is 8.59. The highest BCUT2D eigenvalue weighted by molar-refractivity contribution is 7.89. The number of hydrogen-bond donors (Lipinski definition) is 2. The van der Waals surface area contributed by atoms with Crippen LogP contribution in [-0.2, 0) is 14.8 Å². The van der Waals surface area contributed by atoms with E-state index in [0.29, 0.717) is 18.0 Å². The van der Waals surface area contributed by atoms with Crippen LogP contribution in [0.25, 0.3) is 0 Å². The van der Waals surface area contributed by atoms with Gasteiger partial charge in [-0.15, -0.1) is 0 Å². The summed E-state index contributed by atoms with van der Waals surface area (Å²) in [6.07, 6.45) is 3.20. The van der Waals surface area contributed by atoms with E-state index in [1.165, 1.54) is 45.1 Å². The zero-order valence-electron chi connectivity index (χ0n) is 15.7. The number of anilines is 1. The smallest absolute Gasteiger partial charge is 0.240 e. The van der Waals surface area contributed by atoms with Gasteiger partial charge >= 0.3 is 0 Å². The molecular formula is C18H29N3O4S. The number of benzene rings is 1. The highest BCUT2D eigenvalue weighted by atomic mass is 32.2. The van der Waals surface area contributed by atoms with Crippen LogP contribution in [0.5, 0.6) is 5.75 Å². The number of hydrogen-bond acceptors (Lipinski definition) is 5. The summed E-state index contributed by atoms with van der Waals surface area (Å²) in [5.41, 5.74) is 0.443. The van der Waals surface area contributed by atoms with Crippen LogP contribution in [-0.4, -0.2) is 52.5 Å². The predicted molar refractivity (Wildman–Crippen MR) is 102 cm³/mol. The number of nitrogens with one attached hydrogen (secondary N) is 2. The Hall–Kier alpha value is -1.64. The molecule has 2 N–H and O–H groups in total. The lowest BCUT2D eigenvalue weighted by molar-refractivity contribution is -0.114. The van der Waals surface area contributed by atoms with Crippen LogP contribution in [0.15, 0.2) is 23.1 Å². The Morgan fingerprint density at radius 3 is 2.62 bits per heavy atom. The summed E-state index contributed by atoms with van der Waals surface area (Å²) in [7, 11) is -2.18. The summed E-state index contributed by atoms with van der Waals surface area (Å²) in [6, 6.07) is 4.41. The van der Waals surface area contributed by atoms with Gasteiger partial charge in [-0.05, 0) is 56.9 Å². The fourth-order valence-electron chi connectivity index (χ4n) is 3.01. The van der Waals surface area contributed by atoms with Crippen molar-refractivity contribution >= 4 is 21.6 Å². The summed E-state index contributed by atoms with van der Waals surface area (Å²) < 4.78 is 32.7. The number of piperidine rings is 1. The molecule has 146 valence electrons. The van der Waals surface area contributed by atoms with E-state index >= 15 is 0 Å². The van der Waals surface area contributed by atoms with E-state index in [4.69, 9.17) is 4.74 Å². The molecule has 1 saturated heterocycles. The summed E-state index contributed by atoms with van der Waals surface area (Å²) in [4.78, 5) is 13.7. The van der Waals surface area contributed by atoms with Crippen molar-refractivity contribution in [2.75, 3.05) is 38.6 Å². The average molecular weight is 384 g/mol. The fourth-order valence-corrected chi connectivity index (χ4v) is 4.10. The topological polar surface area (TPSA) is 87.7 Å². The van der Waals surface area contributed by atoms with E-state index in [-0.39, 0.29) is 10.8 Å². The lowest BCUT2D eigenvalue weighted by atomic mass is 9.99. The molecule has 8 heteroatoms. The molecule has 1 aliphatic rings. The molecule has 7 nitrogen and oxygen atoms in total. The molecule has 0 aromatic heterocycles. The summed E-state index contributed by atoms with van der Waals surface area (Å²) in [5.74, 6) is 0.856. The fraction of sp³-hybridized carbons (Fsp3) is 0.611. The van der Waals surface area contributed by atoms with Crippen molar-refractivity contribution in [3.05, 3.63) is 18.2 Å². The zero-order chi connectivity index (χ0) is 19.2. The summed E-state index contributed by atoms with van der Waals surface area (Å²) in [6.45, 7) is 7.14. The Morgan fingerprint density at radius 2 is 2.00 bits per heavy atom. The van der Waals surface area contributed by atoms with E-state index in [2.05, 4.69) is 21.9 Å². The SMILES string of the molecule is COc1cc(S(=O)(=O)NCCCN2CCC(C)CC2)ccc1NC(C)=O. The Bertz CT molecular complexity index is 713. The Kier molecular flexibility index (Phi) is 7.43. The first-order chi connectivity index (χ1) is 12.3. The summed E-state index contributed by atoms with van der Waals surface area (Å²) in [5, 5.41) is 2.61. The highest BCUT2D eigenvalue weighted by Gasteiger charge is 2.18. The average Bonchev–Trinajstić information content (AvgIpc) is 2.60. The second-order valence-electron chi connectivity index (χ2n) is 6.82. The molecule has 0 atom stereocenters.